The number of hydrogen-bond acceptors (Lipinski definition) is 3. The number of hydrogen-bond donors (Lipinski definition) is 0. The Kier molecular flexibility index (Phi) is 4.97. The third-order valence-electron chi connectivity index (χ3n) is 3.79. The lowest BCUT2D eigenvalue weighted by molar-refractivity contribution is -0.119. The van der Waals surface area contributed by atoms with E-state index in [2.05, 4.69) is 0 Å². The Hall–Kier alpha value is -2.87. The lowest BCUT2D eigenvalue weighted by atomic mass is 10.1. The van der Waals surface area contributed by atoms with Crippen molar-refractivity contribution in [3.63, 3.8) is 0 Å². The van der Waals surface area contributed by atoms with Gasteiger partial charge in [-0.2, -0.15) is 5.26 Å². The molecule has 0 fully saturated rings. The zero-order valence-electron chi connectivity index (χ0n) is 13.5. The van der Waals surface area contributed by atoms with E-state index in [1.54, 1.807) is 24.8 Å². The Morgan fingerprint density at radius 3 is 2.48 bits per heavy atom. The van der Waals surface area contributed by atoms with Gasteiger partial charge in [-0.25, -0.2) is 0 Å². The molecule has 0 spiro atoms. The van der Waals surface area contributed by atoms with Crippen molar-refractivity contribution in [2.24, 2.45) is 0 Å². The second-order valence-corrected chi connectivity index (χ2v) is 5.32. The van der Waals surface area contributed by atoms with Crippen molar-refractivity contribution in [1.82, 2.24) is 4.57 Å². The number of aryl methyl sites for hydroxylation is 2. The van der Waals surface area contributed by atoms with Gasteiger partial charge in [-0.1, -0.05) is 18.2 Å². The molecule has 2 rings (SSSR count). The minimum Gasteiger partial charge on any atom is -0.311 e. The fourth-order valence-electron chi connectivity index (χ4n) is 2.59. The zero-order chi connectivity index (χ0) is 17.0. The third kappa shape index (κ3) is 3.32. The molecule has 23 heavy (non-hydrogen) atoms. The van der Waals surface area contributed by atoms with Gasteiger partial charge in [0.1, 0.15) is 18.2 Å². The van der Waals surface area contributed by atoms with Crippen molar-refractivity contribution >= 4 is 11.6 Å². The van der Waals surface area contributed by atoms with Crippen LogP contribution in [0, 0.1) is 25.2 Å². The van der Waals surface area contributed by atoms with E-state index >= 15 is 0 Å². The number of anilines is 1. The highest BCUT2D eigenvalue weighted by molar-refractivity contribution is 5.93. The lowest BCUT2D eigenvalue weighted by Crippen LogP contribution is -2.38. The molecular weight excluding hydrogens is 290 g/mol. The SMILES string of the molecule is CCN(C(=O)Cn1c(C)cc(C)c(C#N)c1=O)c1ccccc1. The molecule has 0 N–H and O–H groups in total. The molecule has 118 valence electrons. The van der Waals surface area contributed by atoms with Crippen LogP contribution in [0.1, 0.15) is 23.7 Å². The van der Waals surface area contributed by atoms with Crippen LogP contribution in [-0.4, -0.2) is 17.0 Å². The van der Waals surface area contributed by atoms with E-state index in [0.717, 1.165) is 5.69 Å². The summed E-state index contributed by atoms with van der Waals surface area (Å²) < 4.78 is 1.36. The molecule has 1 aromatic carbocycles. The Labute approximate surface area is 135 Å². The molecule has 0 unspecified atom stereocenters. The predicted octanol–water partition coefficient (Wildman–Crippen LogP) is 2.39. The van der Waals surface area contributed by atoms with E-state index in [1.807, 2.05) is 43.3 Å². The first kappa shape index (κ1) is 16.5. The molecule has 1 amide bonds. The van der Waals surface area contributed by atoms with E-state index < -0.39 is 5.56 Å². The smallest absolute Gasteiger partial charge is 0.269 e. The van der Waals surface area contributed by atoms with Crippen LogP contribution in [0.3, 0.4) is 0 Å². The Morgan fingerprint density at radius 2 is 1.91 bits per heavy atom. The van der Waals surface area contributed by atoms with Crippen LogP contribution in [0.15, 0.2) is 41.2 Å². The summed E-state index contributed by atoms with van der Waals surface area (Å²) in [6.45, 7) is 5.80. The molecule has 0 aliphatic heterocycles. The van der Waals surface area contributed by atoms with Gasteiger partial charge < -0.3 is 9.47 Å². The standard InChI is InChI=1S/C18H19N3O2/c1-4-20(15-8-6-5-7-9-15)17(22)12-21-14(3)10-13(2)16(11-19)18(21)23/h5-10H,4,12H2,1-3H3. The fraction of sp³-hybridized carbons (Fsp3) is 0.278. The molecular formula is C18H19N3O2. The van der Waals surface area contributed by atoms with Crippen LogP contribution in [0.4, 0.5) is 5.69 Å². The summed E-state index contributed by atoms with van der Waals surface area (Å²) in [4.78, 5) is 26.6. The number of nitriles is 1. The predicted molar refractivity (Wildman–Crippen MR) is 89.4 cm³/mol. The average molecular weight is 309 g/mol. The molecule has 5 heteroatoms. The van der Waals surface area contributed by atoms with Crippen molar-refractivity contribution in [3.05, 3.63) is 63.6 Å². The molecule has 0 radical (unpaired) electrons. The number of nitrogens with zero attached hydrogens (tertiary/aromatic N) is 3. The number of aromatic nitrogens is 1. The molecule has 0 bridgehead atoms. The lowest BCUT2D eigenvalue weighted by Gasteiger charge is -2.22. The molecule has 5 nitrogen and oxygen atoms in total. The number of benzene rings is 1. The maximum Gasteiger partial charge on any atom is 0.269 e. The van der Waals surface area contributed by atoms with E-state index in [0.29, 0.717) is 17.8 Å². The number of para-hydroxylation sites is 1. The van der Waals surface area contributed by atoms with E-state index in [4.69, 9.17) is 5.26 Å². The first-order valence-corrected chi connectivity index (χ1v) is 7.46. The highest BCUT2D eigenvalue weighted by Crippen LogP contribution is 2.14. The summed E-state index contributed by atoms with van der Waals surface area (Å²) in [6.07, 6.45) is 0. The number of pyridine rings is 1. The second kappa shape index (κ2) is 6.93. The molecule has 1 heterocycles. The number of rotatable bonds is 4. The summed E-state index contributed by atoms with van der Waals surface area (Å²) in [5, 5.41) is 9.12. The van der Waals surface area contributed by atoms with Crippen molar-refractivity contribution in [3.8, 4) is 6.07 Å². The van der Waals surface area contributed by atoms with Crippen LogP contribution < -0.4 is 10.5 Å². The highest BCUT2D eigenvalue weighted by atomic mass is 16.2. The Morgan fingerprint density at radius 1 is 1.26 bits per heavy atom. The number of carbonyl (C=O) groups is 1. The van der Waals surface area contributed by atoms with Gasteiger partial charge in [0.15, 0.2) is 0 Å². The summed E-state index contributed by atoms with van der Waals surface area (Å²) in [7, 11) is 0. The molecule has 0 atom stereocenters. The van der Waals surface area contributed by atoms with E-state index in [-0.39, 0.29) is 18.0 Å². The molecule has 1 aromatic heterocycles. The van der Waals surface area contributed by atoms with Crippen molar-refractivity contribution in [2.75, 3.05) is 11.4 Å². The topological polar surface area (TPSA) is 66.1 Å². The second-order valence-electron chi connectivity index (χ2n) is 5.32. The third-order valence-corrected chi connectivity index (χ3v) is 3.79. The van der Waals surface area contributed by atoms with Gasteiger partial charge in [-0.3, -0.25) is 9.59 Å². The monoisotopic (exact) mass is 309 g/mol. The van der Waals surface area contributed by atoms with Crippen LogP contribution in [0.25, 0.3) is 0 Å². The maximum absolute atomic E-state index is 12.6. The van der Waals surface area contributed by atoms with Gasteiger partial charge in [0, 0.05) is 17.9 Å². The largest absolute Gasteiger partial charge is 0.311 e. The van der Waals surface area contributed by atoms with Crippen LogP contribution in [0.2, 0.25) is 0 Å². The minimum atomic E-state index is -0.414. The van der Waals surface area contributed by atoms with Crippen molar-refractivity contribution in [1.29, 1.82) is 5.26 Å². The van der Waals surface area contributed by atoms with Gasteiger partial charge in [-0.05, 0) is 44.5 Å². The number of amides is 1. The van der Waals surface area contributed by atoms with Gasteiger partial charge in [-0.15, -0.1) is 0 Å². The maximum atomic E-state index is 12.6. The van der Waals surface area contributed by atoms with Gasteiger partial charge in [0.25, 0.3) is 5.56 Å². The van der Waals surface area contributed by atoms with Gasteiger partial charge in [0.2, 0.25) is 5.91 Å². The zero-order valence-corrected chi connectivity index (χ0v) is 13.5. The number of likely N-dealkylation sites (N-methyl/N-ethyl adjacent to an activating group) is 1. The molecule has 0 aliphatic carbocycles. The fourth-order valence-corrected chi connectivity index (χ4v) is 2.59. The molecule has 2 aromatic rings. The van der Waals surface area contributed by atoms with Gasteiger partial charge >= 0.3 is 0 Å². The summed E-state index contributed by atoms with van der Waals surface area (Å²) in [6, 6.07) is 13.0. The van der Waals surface area contributed by atoms with E-state index in [1.165, 1.54) is 4.57 Å². The van der Waals surface area contributed by atoms with Crippen LogP contribution >= 0.6 is 0 Å². The first-order chi connectivity index (χ1) is 11.0. The Bertz CT molecular complexity index is 817. The summed E-state index contributed by atoms with van der Waals surface area (Å²) >= 11 is 0. The van der Waals surface area contributed by atoms with E-state index in [9.17, 15) is 9.59 Å². The quantitative estimate of drug-likeness (QED) is 0.871. The summed E-state index contributed by atoms with van der Waals surface area (Å²) in [5.41, 5.74) is 1.77. The highest BCUT2D eigenvalue weighted by Gasteiger charge is 2.17. The number of carbonyl (C=O) groups excluding carboxylic acids is 1. The molecule has 0 saturated heterocycles. The van der Waals surface area contributed by atoms with Gasteiger partial charge in [0.05, 0.1) is 0 Å². The summed E-state index contributed by atoms with van der Waals surface area (Å²) in [5.74, 6) is -0.184. The first-order valence-electron chi connectivity index (χ1n) is 7.46. The normalized spacial score (nSPS) is 10.2. The molecule has 0 saturated carbocycles. The van der Waals surface area contributed by atoms with Crippen LogP contribution in [-0.2, 0) is 11.3 Å². The molecule has 0 aliphatic rings. The van der Waals surface area contributed by atoms with Crippen LogP contribution in [0.5, 0.6) is 0 Å². The minimum absolute atomic E-state index is 0.0810. The van der Waals surface area contributed by atoms with Crippen molar-refractivity contribution in [2.45, 2.75) is 27.3 Å². The van der Waals surface area contributed by atoms with Crippen molar-refractivity contribution < 1.29 is 4.79 Å². The average Bonchev–Trinajstić information content (AvgIpc) is 2.53. The Balaban J connectivity index is 2.38.